The van der Waals surface area contributed by atoms with Crippen molar-refractivity contribution in [3.05, 3.63) is 24.8 Å². The molecule has 2 unspecified atom stereocenters. The fourth-order valence-corrected chi connectivity index (χ4v) is 1.98. The quantitative estimate of drug-likeness (QED) is 0.654. The molecule has 0 spiro atoms. The van der Waals surface area contributed by atoms with Crippen LogP contribution in [0.2, 0.25) is 0 Å². The zero-order valence-electron chi connectivity index (χ0n) is 8.63. The average Bonchev–Trinajstić information content (AvgIpc) is 2.16. The second kappa shape index (κ2) is 5.98. The summed E-state index contributed by atoms with van der Waals surface area (Å²) >= 11 is 0. The predicted molar refractivity (Wildman–Crippen MR) is 58.8 cm³/mol. The number of rotatable bonds is 4. The molecular formula is C12H21N. The van der Waals surface area contributed by atoms with Gasteiger partial charge in [0.25, 0.3) is 0 Å². The third-order valence-corrected chi connectivity index (χ3v) is 2.66. The Morgan fingerprint density at radius 3 is 3.00 bits per heavy atom. The van der Waals surface area contributed by atoms with Crippen molar-refractivity contribution in [2.24, 2.45) is 0 Å². The molecule has 74 valence electrons. The lowest BCUT2D eigenvalue weighted by Gasteiger charge is -2.29. The van der Waals surface area contributed by atoms with E-state index in [0.717, 1.165) is 6.42 Å². The zero-order chi connectivity index (χ0) is 9.52. The van der Waals surface area contributed by atoms with Crippen molar-refractivity contribution in [1.29, 1.82) is 0 Å². The normalized spacial score (nSPS) is 29.3. The van der Waals surface area contributed by atoms with Crippen LogP contribution in [0.4, 0.5) is 0 Å². The van der Waals surface area contributed by atoms with E-state index in [1.165, 1.54) is 25.7 Å². The largest absolute Gasteiger partial charge is 0.308 e. The van der Waals surface area contributed by atoms with Gasteiger partial charge in [-0.25, -0.2) is 0 Å². The van der Waals surface area contributed by atoms with E-state index in [9.17, 15) is 0 Å². The fourth-order valence-electron chi connectivity index (χ4n) is 1.98. The molecule has 1 saturated heterocycles. The highest BCUT2D eigenvalue weighted by atomic mass is 15.0. The Labute approximate surface area is 81.9 Å². The minimum atomic E-state index is 0.619. The second-order valence-corrected chi connectivity index (χ2v) is 3.79. The van der Waals surface area contributed by atoms with Crippen LogP contribution in [0, 0.1) is 0 Å². The molecule has 0 aromatic rings. The smallest absolute Gasteiger partial charge is 0.0252 e. The van der Waals surface area contributed by atoms with Crippen molar-refractivity contribution in [2.75, 3.05) is 0 Å². The lowest BCUT2D eigenvalue weighted by molar-refractivity contribution is 0.342. The average molecular weight is 179 g/mol. The van der Waals surface area contributed by atoms with Crippen molar-refractivity contribution in [3.63, 3.8) is 0 Å². The highest BCUT2D eigenvalue weighted by Crippen LogP contribution is 2.16. The lowest BCUT2D eigenvalue weighted by Crippen LogP contribution is -2.40. The first-order valence-corrected chi connectivity index (χ1v) is 5.36. The summed E-state index contributed by atoms with van der Waals surface area (Å²) in [7, 11) is 0. The molecule has 1 N–H and O–H groups in total. The van der Waals surface area contributed by atoms with Gasteiger partial charge in [0, 0.05) is 12.1 Å². The summed E-state index contributed by atoms with van der Waals surface area (Å²) in [6.45, 7) is 5.85. The van der Waals surface area contributed by atoms with Gasteiger partial charge in [0.1, 0.15) is 0 Å². The summed E-state index contributed by atoms with van der Waals surface area (Å²) in [5, 5.41) is 3.65. The highest BCUT2D eigenvalue weighted by molar-refractivity contribution is 4.95. The fraction of sp³-hybridized carbons (Fsp3) is 0.667. The molecule has 1 heteroatoms. The summed E-state index contributed by atoms with van der Waals surface area (Å²) in [6.07, 6.45) is 12.8. The molecule has 1 heterocycles. The van der Waals surface area contributed by atoms with Crippen molar-refractivity contribution in [3.8, 4) is 0 Å². The molecule has 0 aliphatic carbocycles. The summed E-state index contributed by atoms with van der Waals surface area (Å²) in [5.74, 6) is 0. The van der Waals surface area contributed by atoms with Crippen LogP contribution in [-0.4, -0.2) is 12.1 Å². The van der Waals surface area contributed by atoms with E-state index >= 15 is 0 Å². The predicted octanol–water partition coefficient (Wildman–Crippen LogP) is 3.04. The van der Waals surface area contributed by atoms with Crippen LogP contribution in [-0.2, 0) is 0 Å². The molecule has 1 rings (SSSR count). The third kappa shape index (κ3) is 3.77. The maximum atomic E-state index is 3.76. The van der Waals surface area contributed by atoms with Gasteiger partial charge >= 0.3 is 0 Å². The maximum Gasteiger partial charge on any atom is 0.0252 e. The summed E-state index contributed by atoms with van der Waals surface area (Å²) in [4.78, 5) is 0. The minimum absolute atomic E-state index is 0.619. The van der Waals surface area contributed by atoms with E-state index in [-0.39, 0.29) is 0 Å². The lowest BCUT2D eigenvalue weighted by atomic mass is 9.95. The second-order valence-electron chi connectivity index (χ2n) is 3.79. The SMILES string of the molecule is C=CCCC1CCCC(C=CC)N1. The molecule has 2 atom stereocenters. The first kappa shape index (κ1) is 10.5. The molecule has 0 radical (unpaired) electrons. The Kier molecular flexibility index (Phi) is 4.84. The van der Waals surface area contributed by atoms with Gasteiger partial charge in [-0.05, 0) is 32.6 Å². The Hall–Kier alpha value is -0.560. The highest BCUT2D eigenvalue weighted by Gasteiger charge is 2.17. The van der Waals surface area contributed by atoms with Crippen LogP contribution in [0.25, 0.3) is 0 Å². The Morgan fingerprint density at radius 2 is 2.31 bits per heavy atom. The van der Waals surface area contributed by atoms with Crippen LogP contribution in [0.5, 0.6) is 0 Å². The van der Waals surface area contributed by atoms with Crippen LogP contribution < -0.4 is 5.32 Å². The van der Waals surface area contributed by atoms with Crippen LogP contribution in [0.3, 0.4) is 0 Å². The van der Waals surface area contributed by atoms with Crippen LogP contribution in [0.1, 0.15) is 39.0 Å². The monoisotopic (exact) mass is 179 g/mol. The molecule has 13 heavy (non-hydrogen) atoms. The van der Waals surface area contributed by atoms with Gasteiger partial charge in [0.2, 0.25) is 0 Å². The first-order valence-electron chi connectivity index (χ1n) is 5.36. The maximum absolute atomic E-state index is 3.76. The van der Waals surface area contributed by atoms with Gasteiger partial charge in [-0.3, -0.25) is 0 Å². The number of allylic oxidation sites excluding steroid dienone is 2. The number of nitrogens with one attached hydrogen (secondary N) is 1. The van der Waals surface area contributed by atoms with E-state index in [1.54, 1.807) is 0 Å². The number of hydrogen-bond acceptors (Lipinski definition) is 1. The van der Waals surface area contributed by atoms with E-state index < -0.39 is 0 Å². The van der Waals surface area contributed by atoms with Crippen LogP contribution >= 0.6 is 0 Å². The van der Waals surface area contributed by atoms with Gasteiger partial charge in [0.05, 0.1) is 0 Å². The first-order chi connectivity index (χ1) is 6.36. The zero-order valence-corrected chi connectivity index (χ0v) is 8.63. The summed E-state index contributed by atoms with van der Waals surface area (Å²) < 4.78 is 0. The molecule has 1 aliphatic heterocycles. The van der Waals surface area contributed by atoms with Crippen molar-refractivity contribution in [2.45, 2.75) is 51.1 Å². The van der Waals surface area contributed by atoms with Crippen molar-refractivity contribution >= 4 is 0 Å². The molecule has 0 bridgehead atoms. The van der Waals surface area contributed by atoms with E-state index in [4.69, 9.17) is 0 Å². The molecule has 1 aliphatic rings. The number of piperidine rings is 1. The van der Waals surface area contributed by atoms with E-state index in [2.05, 4.69) is 31.0 Å². The topological polar surface area (TPSA) is 12.0 Å². The summed E-state index contributed by atoms with van der Waals surface area (Å²) in [5.41, 5.74) is 0. The van der Waals surface area contributed by atoms with Crippen molar-refractivity contribution in [1.82, 2.24) is 5.32 Å². The third-order valence-electron chi connectivity index (χ3n) is 2.66. The molecule has 1 nitrogen and oxygen atoms in total. The van der Waals surface area contributed by atoms with Gasteiger partial charge < -0.3 is 5.32 Å². The Bertz CT molecular complexity index is 172. The van der Waals surface area contributed by atoms with Gasteiger partial charge in [-0.2, -0.15) is 0 Å². The van der Waals surface area contributed by atoms with E-state index in [1.807, 2.05) is 6.08 Å². The molecule has 1 fully saturated rings. The Balaban J connectivity index is 2.28. The van der Waals surface area contributed by atoms with Gasteiger partial charge in [0.15, 0.2) is 0 Å². The molecule has 0 amide bonds. The molecule has 0 aromatic heterocycles. The molecule has 0 aromatic carbocycles. The van der Waals surface area contributed by atoms with Crippen molar-refractivity contribution < 1.29 is 0 Å². The standard InChI is InChI=1S/C12H21N/c1-3-5-8-12-10-6-9-11(13-12)7-4-2/h3-4,7,11-13H,1,5-6,8-10H2,2H3. The molecular weight excluding hydrogens is 158 g/mol. The number of hydrogen-bond donors (Lipinski definition) is 1. The van der Waals surface area contributed by atoms with Gasteiger partial charge in [-0.1, -0.05) is 24.6 Å². The van der Waals surface area contributed by atoms with E-state index in [0.29, 0.717) is 12.1 Å². The molecule has 0 saturated carbocycles. The summed E-state index contributed by atoms with van der Waals surface area (Å²) in [6, 6.07) is 1.33. The minimum Gasteiger partial charge on any atom is -0.308 e. The Morgan fingerprint density at radius 1 is 1.46 bits per heavy atom. The van der Waals surface area contributed by atoms with Gasteiger partial charge in [-0.15, -0.1) is 6.58 Å². The van der Waals surface area contributed by atoms with Crippen LogP contribution in [0.15, 0.2) is 24.8 Å².